The molecule has 1 unspecified atom stereocenters. The molecule has 1 aromatic rings. The third-order valence-corrected chi connectivity index (χ3v) is 2.08. The maximum Gasteiger partial charge on any atom is 0.216 e. The molecule has 1 atom stereocenters. The van der Waals surface area contributed by atoms with Gasteiger partial charge in [-0.25, -0.2) is 9.97 Å². The lowest BCUT2D eigenvalue weighted by Crippen LogP contribution is -2.16. The summed E-state index contributed by atoms with van der Waals surface area (Å²) in [6.07, 6.45) is 2.51. The van der Waals surface area contributed by atoms with Gasteiger partial charge in [-0.1, -0.05) is 0 Å². The normalized spacial score (nSPS) is 21.1. The predicted molar refractivity (Wildman–Crippen MR) is 49.8 cm³/mol. The van der Waals surface area contributed by atoms with Crippen molar-refractivity contribution in [3.8, 4) is 5.88 Å². The zero-order valence-corrected chi connectivity index (χ0v) is 7.85. The summed E-state index contributed by atoms with van der Waals surface area (Å²) >= 11 is 0. The van der Waals surface area contributed by atoms with E-state index in [2.05, 4.69) is 9.97 Å². The van der Waals surface area contributed by atoms with Crippen LogP contribution in [0, 0.1) is 0 Å². The maximum absolute atomic E-state index is 5.59. The van der Waals surface area contributed by atoms with Gasteiger partial charge < -0.3 is 15.2 Å². The number of nitrogens with two attached hydrogens (primary N) is 1. The number of aromatic nitrogens is 2. The van der Waals surface area contributed by atoms with Crippen molar-refractivity contribution < 1.29 is 9.47 Å². The Kier molecular flexibility index (Phi) is 2.90. The summed E-state index contributed by atoms with van der Waals surface area (Å²) in [6, 6.07) is 1.76. The maximum atomic E-state index is 5.59. The first-order chi connectivity index (χ1) is 6.88. The number of rotatable bonds is 3. The SMILES string of the molecule is NCc1cc(OC2CCOC2)ncn1. The summed E-state index contributed by atoms with van der Waals surface area (Å²) in [5.74, 6) is 0.580. The summed E-state index contributed by atoms with van der Waals surface area (Å²) in [5, 5.41) is 0. The first-order valence-electron chi connectivity index (χ1n) is 4.64. The van der Waals surface area contributed by atoms with Gasteiger partial charge in [0.25, 0.3) is 0 Å². The number of hydrogen-bond acceptors (Lipinski definition) is 5. The van der Waals surface area contributed by atoms with Crippen LogP contribution >= 0.6 is 0 Å². The third-order valence-electron chi connectivity index (χ3n) is 2.08. The van der Waals surface area contributed by atoms with Gasteiger partial charge in [0.1, 0.15) is 12.4 Å². The van der Waals surface area contributed by atoms with Gasteiger partial charge in [-0.15, -0.1) is 0 Å². The fraction of sp³-hybridized carbons (Fsp3) is 0.556. The number of hydrogen-bond donors (Lipinski definition) is 1. The fourth-order valence-electron chi connectivity index (χ4n) is 1.33. The van der Waals surface area contributed by atoms with Crippen LogP contribution in [0.25, 0.3) is 0 Å². The number of nitrogens with zero attached hydrogens (tertiary/aromatic N) is 2. The second-order valence-electron chi connectivity index (χ2n) is 3.16. The quantitative estimate of drug-likeness (QED) is 0.740. The summed E-state index contributed by atoms with van der Waals surface area (Å²) < 4.78 is 10.8. The molecule has 1 aliphatic rings. The molecule has 2 heterocycles. The summed E-state index contributed by atoms with van der Waals surface area (Å²) in [4.78, 5) is 7.99. The van der Waals surface area contributed by atoms with Gasteiger partial charge in [-0.3, -0.25) is 0 Å². The molecule has 2 N–H and O–H groups in total. The zero-order chi connectivity index (χ0) is 9.80. The van der Waals surface area contributed by atoms with E-state index < -0.39 is 0 Å². The Morgan fingerprint density at radius 2 is 2.50 bits per heavy atom. The van der Waals surface area contributed by atoms with Crippen LogP contribution in [0.5, 0.6) is 5.88 Å². The van der Waals surface area contributed by atoms with E-state index in [0.29, 0.717) is 19.0 Å². The standard InChI is InChI=1S/C9H13N3O2/c10-4-7-3-9(12-6-11-7)14-8-1-2-13-5-8/h3,6,8H,1-2,4-5,10H2. The van der Waals surface area contributed by atoms with Crippen LogP contribution in [0.15, 0.2) is 12.4 Å². The van der Waals surface area contributed by atoms with E-state index >= 15 is 0 Å². The molecule has 0 amide bonds. The van der Waals surface area contributed by atoms with Crippen molar-refractivity contribution in [3.63, 3.8) is 0 Å². The molecule has 0 aromatic carbocycles. The van der Waals surface area contributed by atoms with E-state index in [0.717, 1.165) is 18.7 Å². The molecule has 5 nitrogen and oxygen atoms in total. The van der Waals surface area contributed by atoms with Crippen LogP contribution in [0.2, 0.25) is 0 Å². The predicted octanol–water partition coefficient (Wildman–Crippen LogP) is 0.103. The van der Waals surface area contributed by atoms with Crippen LogP contribution in [-0.2, 0) is 11.3 Å². The molecule has 5 heteroatoms. The number of ether oxygens (including phenoxy) is 2. The van der Waals surface area contributed by atoms with Crippen molar-refractivity contribution in [2.75, 3.05) is 13.2 Å². The van der Waals surface area contributed by atoms with Gasteiger partial charge in [-0.05, 0) is 0 Å². The van der Waals surface area contributed by atoms with Crippen molar-refractivity contribution in [2.24, 2.45) is 5.73 Å². The fourth-order valence-corrected chi connectivity index (χ4v) is 1.33. The molecule has 1 aliphatic heterocycles. The first kappa shape index (κ1) is 9.36. The minimum absolute atomic E-state index is 0.121. The smallest absolute Gasteiger partial charge is 0.216 e. The van der Waals surface area contributed by atoms with Gasteiger partial charge in [0.15, 0.2) is 0 Å². The molecule has 0 spiro atoms. The Balaban J connectivity index is 2.00. The molecular formula is C9H13N3O2. The molecule has 2 rings (SSSR count). The Hall–Kier alpha value is -1.20. The minimum atomic E-state index is 0.121. The van der Waals surface area contributed by atoms with Crippen LogP contribution < -0.4 is 10.5 Å². The molecule has 0 bridgehead atoms. The van der Waals surface area contributed by atoms with E-state index in [1.165, 1.54) is 6.33 Å². The molecule has 1 aromatic heterocycles. The summed E-state index contributed by atoms with van der Waals surface area (Å²) in [6.45, 7) is 1.81. The molecule has 1 fully saturated rings. The van der Waals surface area contributed by atoms with E-state index in [1.54, 1.807) is 6.07 Å². The lowest BCUT2D eigenvalue weighted by Gasteiger charge is -2.10. The highest BCUT2D eigenvalue weighted by molar-refractivity contribution is 5.13. The van der Waals surface area contributed by atoms with Crippen molar-refractivity contribution in [1.82, 2.24) is 9.97 Å². The molecule has 0 aliphatic carbocycles. The lowest BCUT2D eigenvalue weighted by molar-refractivity contribution is 0.138. The second kappa shape index (κ2) is 4.34. The van der Waals surface area contributed by atoms with E-state index in [-0.39, 0.29) is 6.10 Å². The third kappa shape index (κ3) is 2.18. The van der Waals surface area contributed by atoms with Crippen LogP contribution in [0.3, 0.4) is 0 Å². The van der Waals surface area contributed by atoms with Gasteiger partial charge >= 0.3 is 0 Å². The van der Waals surface area contributed by atoms with Crippen LogP contribution in [0.1, 0.15) is 12.1 Å². The highest BCUT2D eigenvalue weighted by Crippen LogP contribution is 2.14. The molecule has 0 radical (unpaired) electrons. The average Bonchev–Trinajstić information content (AvgIpc) is 2.71. The highest BCUT2D eigenvalue weighted by atomic mass is 16.5. The monoisotopic (exact) mass is 195 g/mol. The topological polar surface area (TPSA) is 70.3 Å². The summed E-state index contributed by atoms with van der Waals surface area (Å²) in [5.41, 5.74) is 6.24. The van der Waals surface area contributed by atoms with E-state index in [1.807, 2.05) is 0 Å². The van der Waals surface area contributed by atoms with Crippen LogP contribution in [-0.4, -0.2) is 29.3 Å². The molecule has 0 saturated carbocycles. The molecule has 1 saturated heterocycles. The Morgan fingerprint density at radius 3 is 3.21 bits per heavy atom. The van der Waals surface area contributed by atoms with E-state index in [9.17, 15) is 0 Å². The van der Waals surface area contributed by atoms with Crippen molar-refractivity contribution in [3.05, 3.63) is 18.1 Å². The summed E-state index contributed by atoms with van der Waals surface area (Å²) in [7, 11) is 0. The van der Waals surface area contributed by atoms with Crippen LogP contribution in [0.4, 0.5) is 0 Å². The molecular weight excluding hydrogens is 182 g/mol. The minimum Gasteiger partial charge on any atom is -0.472 e. The average molecular weight is 195 g/mol. The molecule has 14 heavy (non-hydrogen) atoms. The molecule has 76 valence electrons. The lowest BCUT2D eigenvalue weighted by atomic mass is 10.3. The Bertz CT molecular complexity index is 300. The highest BCUT2D eigenvalue weighted by Gasteiger charge is 2.17. The van der Waals surface area contributed by atoms with Gasteiger partial charge in [0, 0.05) is 19.0 Å². The Labute approximate surface area is 82.3 Å². The zero-order valence-electron chi connectivity index (χ0n) is 7.85. The second-order valence-corrected chi connectivity index (χ2v) is 3.16. The largest absolute Gasteiger partial charge is 0.472 e. The van der Waals surface area contributed by atoms with E-state index in [4.69, 9.17) is 15.2 Å². The van der Waals surface area contributed by atoms with Gasteiger partial charge in [0.05, 0.1) is 18.9 Å². The van der Waals surface area contributed by atoms with Gasteiger partial charge in [0.2, 0.25) is 5.88 Å². The van der Waals surface area contributed by atoms with Gasteiger partial charge in [-0.2, -0.15) is 0 Å². The van der Waals surface area contributed by atoms with Crippen molar-refractivity contribution >= 4 is 0 Å². The van der Waals surface area contributed by atoms with Crippen molar-refractivity contribution in [2.45, 2.75) is 19.1 Å². The Morgan fingerprint density at radius 1 is 1.57 bits per heavy atom. The van der Waals surface area contributed by atoms with Crippen molar-refractivity contribution in [1.29, 1.82) is 0 Å². The first-order valence-corrected chi connectivity index (χ1v) is 4.64.